The number of aryl methyl sites for hydroxylation is 1. The molecule has 1 aromatic carbocycles. The molecule has 0 spiro atoms. The number of amides is 1. The van der Waals surface area contributed by atoms with E-state index in [1.165, 1.54) is 12.1 Å². The average Bonchev–Trinajstić information content (AvgIpc) is 3.29. The zero-order valence-electron chi connectivity index (χ0n) is 14.8. The van der Waals surface area contributed by atoms with E-state index in [1.54, 1.807) is 12.1 Å². The van der Waals surface area contributed by atoms with Gasteiger partial charge in [-0.3, -0.25) is 14.8 Å². The summed E-state index contributed by atoms with van der Waals surface area (Å²) in [5.41, 5.74) is 2.76. The van der Waals surface area contributed by atoms with Crippen molar-refractivity contribution in [3.05, 3.63) is 41.8 Å². The molecule has 1 amide bonds. The van der Waals surface area contributed by atoms with E-state index in [0.29, 0.717) is 6.04 Å². The zero-order chi connectivity index (χ0) is 17.8. The standard InChI is InChI=1S/C19H25FN4O/c1-13(19(25)21-16-9-10-16)24(2)11-3-4-17-12-18(23-22-17)14-5-7-15(20)8-6-14/h5-8,12-13,16H,3-4,9-11H2,1-2H3,(H,21,25)(H,22,23). The van der Waals surface area contributed by atoms with Crippen LogP contribution in [0.15, 0.2) is 30.3 Å². The van der Waals surface area contributed by atoms with Crippen molar-refractivity contribution in [2.45, 2.75) is 44.7 Å². The Morgan fingerprint density at radius 3 is 2.80 bits per heavy atom. The molecule has 2 N–H and O–H groups in total. The number of rotatable bonds is 8. The predicted molar refractivity (Wildman–Crippen MR) is 95.6 cm³/mol. The SMILES string of the molecule is CC(C(=O)NC1CC1)N(C)CCCc1cc(-c2ccc(F)cc2)n[nH]1. The fourth-order valence-electron chi connectivity index (χ4n) is 2.72. The second kappa shape index (κ2) is 7.78. The Kier molecular flexibility index (Phi) is 5.48. The number of carbonyl (C=O) groups excluding carboxylic acids is 1. The van der Waals surface area contributed by atoms with Gasteiger partial charge in [-0.25, -0.2) is 4.39 Å². The molecular formula is C19H25FN4O. The minimum atomic E-state index is -0.248. The fraction of sp³-hybridized carbons (Fsp3) is 0.474. The Morgan fingerprint density at radius 1 is 1.40 bits per heavy atom. The summed E-state index contributed by atoms with van der Waals surface area (Å²) in [4.78, 5) is 14.1. The quantitative estimate of drug-likeness (QED) is 0.774. The maximum Gasteiger partial charge on any atom is 0.237 e. The van der Waals surface area contributed by atoms with Crippen molar-refractivity contribution in [2.75, 3.05) is 13.6 Å². The number of halogens is 1. The van der Waals surface area contributed by atoms with Crippen LogP contribution in [0.5, 0.6) is 0 Å². The summed E-state index contributed by atoms with van der Waals surface area (Å²) in [6.45, 7) is 2.78. The molecule has 0 saturated heterocycles. The van der Waals surface area contributed by atoms with Crippen LogP contribution in [0.2, 0.25) is 0 Å². The van der Waals surface area contributed by atoms with Crippen LogP contribution in [-0.2, 0) is 11.2 Å². The van der Waals surface area contributed by atoms with Gasteiger partial charge in [-0.15, -0.1) is 0 Å². The molecule has 6 heteroatoms. The predicted octanol–water partition coefficient (Wildman–Crippen LogP) is 2.75. The van der Waals surface area contributed by atoms with Crippen LogP contribution in [-0.4, -0.2) is 46.7 Å². The first-order chi connectivity index (χ1) is 12.0. The molecule has 2 aromatic rings. The highest BCUT2D eigenvalue weighted by atomic mass is 19.1. The number of H-pyrrole nitrogens is 1. The Bertz CT molecular complexity index is 708. The van der Waals surface area contributed by atoms with Crippen molar-refractivity contribution in [3.8, 4) is 11.3 Å². The molecule has 1 saturated carbocycles. The highest BCUT2D eigenvalue weighted by molar-refractivity contribution is 5.81. The third kappa shape index (κ3) is 4.89. The average molecular weight is 344 g/mol. The van der Waals surface area contributed by atoms with E-state index < -0.39 is 0 Å². The van der Waals surface area contributed by atoms with E-state index in [-0.39, 0.29) is 17.8 Å². The van der Waals surface area contributed by atoms with Gasteiger partial charge in [0, 0.05) is 17.3 Å². The number of nitrogens with zero attached hydrogens (tertiary/aromatic N) is 2. The largest absolute Gasteiger partial charge is 0.352 e. The topological polar surface area (TPSA) is 61.0 Å². The summed E-state index contributed by atoms with van der Waals surface area (Å²) in [6, 6.07) is 8.61. The highest BCUT2D eigenvalue weighted by Gasteiger charge is 2.26. The van der Waals surface area contributed by atoms with Crippen LogP contribution in [0.4, 0.5) is 4.39 Å². The lowest BCUT2D eigenvalue weighted by atomic mass is 10.1. The maximum atomic E-state index is 13.0. The molecule has 0 radical (unpaired) electrons. The Balaban J connectivity index is 1.45. The summed E-state index contributed by atoms with van der Waals surface area (Å²) < 4.78 is 13.0. The second-order valence-electron chi connectivity index (χ2n) is 6.83. The lowest BCUT2D eigenvalue weighted by molar-refractivity contribution is -0.125. The third-order valence-corrected chi connectivity index (χ3v) is 4.69. The van der Waals surface area contributed by atoms with E-state index in [0.717, 1.165) is 49.2 Å². The van der Waals surface area contributed by atoms with Crippen molar-refractivity contribution >= 4 is 5.91 Å². The summed E-state index contributed by atoms with van der Waals surface area (Å²) >= 11 is 0. The number of benzene rings is 1. The summed E-state index contributed by atoms with van der Waals surface area (Å²) in [5, 5.41) is 10.4. The van der Waals surface area contributed by atoms with Gasteiger partial charge in [-0.05, 0) is 76.5 Å². The normalized spacial score (nSPS) is 15.4. The van der Waals surface area contributed by atoms with Crippen LogP contribution in [0.3, 0.4) is 0 Å². The number of hydrogen-bond acceptors (Lipinski definition) is 3. The molecule has 134 valence electrons. The van der Waals surface area contributed by atoms with Crippen LogP contribution in [0.1, 0.15) is 31.9 Å². The first-order valence-corrected chi connectivity index (χ1v) is 8.84. The van der Waals surface area contributed by atoms with Gasteiger partial charge < -0.3 is 5.32 Å². The Labute approximate surface area is 147 Å². The number of carbonyl (C=O) groups is 1. The number of likely N-dealkylation sites (N-methyl/N-ethyl adjacent to an activating group) is 1. The van der Waals surface area contributed by atoms with Crippen molar-refractivity contribution in [1.29, 1.82) is 0 Å². The van der Waals surface area contributed by atoms with Crippen molar-refractivity contribution < 1.29 is 9.18 Å². The van der Waals surface area contributed by atoms with E-state index in [4.69, 9.17) is 0 Å². The molecule has 25 heavy (non-hydrogen) atoms. The van der Waals surface area contributed by atoms with Crippen LogP contribution >= 0.6 is 0 Å². The molecule has 3 rings (SSSR count). The van der Waals surface area contributed by atoms with Gasteiger partial charge in [0.05, 0.1) is 11.7 Å². The van der Waals surface area contributed by atoms with Gasteiger partial charge in [0.1, 0.15) is 5.82 Å². The first kappa shape index (κ1) is 17.6. The number of aromatic amines is 1. The van der Waals surface area contributed by atoms with E-state index in [9.17, 15) is 9.18 Å². The lowest BCUT2D eigenvalue weighted by Crippen LogP contribution is -2.44. The van der Waals surface area contributed by atoms with Gasteiger partial charge in [0.25, 0.3) is 0 Å². The van der Waals surface area contributed by atoms with E-state index in [1.807, 2.05) is 20.0 Å². The summed E-state index contributed by atoms with van der Waals surface area (Å²) in [7, 11) is 1.98. The van der Waals surface area contributed by atoms with Crippen LogP contribution in [0.25, 0.3) is 11.3 Å². The van der Waals surface area contributed by atoms with Gasteiger partial charge in [-0.1, -0.05) is 0 Å². The molecule has 1 aliphatic carbocycles. The van der Waals surface area contributed by atoms with Crippen LogP contribution < -0.4 is 5.32 Å². The van der Waals surface area contributed by atoms with E-state index in [2.05, 4.69) is 20.4 Å². The third-order valence-electron chi connectivity index (χ3n) is 4.69. The smallest absolute Gasteiger partial charge is 0.237 e. The molecule has 1 atom stereocenters. The van der Waals surface area contributed by atoms with Gasteiger partial charge in [0.2, 0.25) is 5.91 Å². The zero-order valence-corrected chi connectivity index (χ0v) is 14.8. The highest BCUT2D eigenvalue weighted by Crippen LogP contribution is 2.20. The number of aromatic nitrogens is 2. The first-order valence-electron chi connectivity index (χ1n) is 8.84. The molecule has 0 bridgehead atoms. The Hall–Kier alpha value is -2.21. The number of hydrogen-bond donors (Lipinski definition) is 2. The molecule has 5 nitrogen and oxygen atoms in total. The van der Waals surface area contributed by atoms with Gasteiger partial charge in [-0.2, -0.15) is 5.10 Å². The van der Waals surface area contributed by atoms with E-state index >= 15 is 0 Å². The summed E-state index contributed by atoms with van der Waals surface area (Å²) in [5.74, 6) is -0.132. The fourth-order valence-corrected chi connectivity index (χ4v) is 2.72. The van der Waals surface area contributed by atoms with Crippen molar-refractivity contribution in [1.82, 2.24) is 20.4 Å². The monoisotopic (exact) mass is 344 g/mol. The minimum Gasteiger partial charge on any atom is -0.352 e. The Morgan fingerprint density at radius 2 is 2.12 bits per heavy atom. The molecular weight excluding hydrogens is 319 g/mol. The molecule has 1 aliphatic rings. The minimum absolute atomic E-state index is 0.114. The molecule has 1 unspecified atom stereocenters. The summed E-state index contributed by atoms with van der Waals surface area (Å²) in [6.07, 6.45) is 4.01. The molecule has 1 aromatic heterocycles. The molecule has 1 fully saturated rings. The van der Waals surface area contributed by atoms with Crippen molar-refractivity contribution in [3.63, 3.8) is 0 Å². The lowest BCUT2D eigenvalue weighted by Gasteiger charge is -2.23. The molecule has 1 heterocycles. The number of nitrogens with one attached hydrogen (secondary N) is 2. The molecule has 0 aliphatic heterocycles. The van der Waals surface area contributed by atoms with Crippen molar-refractivity contribution in [2.24, 2.45) is 0 Å². The van der Waals surface area contributed by atoms with Gasteiger partial charge in [0.15, 0.2) is 0 Å². The van der Waals surface area contributed by atoms with Gasteiger partial charge >= 0.3 is 0 Å². The second-order valence-corrected chi connectivity index (χ2v) is 6.83. The maximum absolute atomic E-state index is 13.0. The van der Waals surface area contributed by atoms with Crippen LogP contribution in [0, 0.1) is 5.82 Å².